The van der Waals surface area contributed by atoms with Gasteiger partial charge in [-0.05, 0) is 87.1 Å². The molecule has 0 spiro atoms. The summed E-state index contributed by atoms with van der Waals surface area (Å²) in [5.41, 5.74) is 2.49. The second-order valence-electron chi connectivity index (χ2n) is 10.4. The molecule has 7 heteroatoms. The van der Waals surface area contributed by atoms with Crippen LogP contribution in [0.25, 0.3) is 17.2 Å². The van der Waals surface area contributed by atoms with Gasteiger partial charge in [0.1, 0.15) is 11.9 Å². The molecule has 2 heterocycles. The van der Waals surface area contributed by atoms with Crippen molar-refractivity contribution in [1.82, 2.24) is 15.6 Å². The molecular weight excluding hydrogens is 457 g/mol. The lowest BCUT2D eigenvalue weighted by Gasteiger charge is -2.47. The van der Waals surface area contributed by atoms with E-state index in [4.69, 9.17) is 4.74 Å². The fourth-order valence-electron chi connectivity index (χ4n) is 6.70. The van der Waals surface area contributed by atoms with Crippen LogP contribution in [0.5, 0.6) is 0 Å². The van der Waals surface area contributed by atoms with Crippen LogP contribution in [0.3, 0.4) is 0 Å². The lowest BCUT2D eigenvalue weighted by atomic mass is 9.57. The first-order valence-corrected chi connectivity index (χ1v) is 13.1. The van der Waals surface area contributed by atoms with Crippen molar-refractivity contribution < 1.29 is 18.7 Å². The Balaban J connectivity index is 1.34. The Bertz CT molecular complexity index is 1130. The summed E-state index contributed by atoms with van der Waals surface area (Å²) in [7, 11) is 0. The Labute approximate surface area is 211 Å². The third-order valence-corrected chi connectivity index (χ3v) is 8.25. The third kappa shape index (κ3) is 5.01. The lowest BCUT2D eigenvalue weighted by molar-refractivity contribution is -0.144. The monoisotopic (exact) mass is 491 g/mol. The predicted molar refractivity (Wildman–Crippen MR) is 136 cm³/mol. The Morgan fingerprint density at radius 1 is 1.19 bits per heavy atom. The van der Waals surface area contributed by atoms with E-state index in [0.717, 1.165) is 42.5 Å². The molecular formula is C29H34FN3O3. The lowest BCUT2D eigenvalue weighted by Crippen LogP contribution is -2.50. The number of ether oxygens (including phenoxy) is 1. The van der Waals surface area contributed by atoms with Gasteiger partial charge in [0, 0.05) is 30.3 Å². The molecule has 2 aliphatic carbocycles. The van der Waals surface area contributed by atoms with E-state index in [1.165, 1.54) is 12.1 Å². The standard InChI is InChI=1S/C29H34FN3O3/c1-3-31-29(35)33-23-10-11-24-20(14-23)15-26-27(17(2)36-28(26)34)25(24)12-9-22-8-7-19(16-32-22)18-5-4-6-21(30)13-18/h4-9,12-13,16-17,20,23-27H,3,10-11,14-15H2,1-2H3,(H2,31,33,35)/b12-9+/t17-,20+,23-,24-,25+,26-,27+/m1/s1. The van der Waals surface area contributed by atoms with Crippen LogP contribution < -0.4 is 10.6 Å². The molecule has 2 amide bonds. The van der Waals surface area contributed by atoms with Crippen molar-refractivity contribution in [2.24, 2.45) is 29.6 Å². The van der Waals surface area contributed by atoms with Crippen LogP contribution in [-0.4, -0.2) is 35.7 Å². The summed E-state index contributed by atoms with van der Waals surface area (Å²) in [6, 6.07) is 10.4. The number of amides is 2. The highest BCUT2D eigenvalue weighted by Crippen LogP contribution is 2.53. The average Bonchev–Trinajstić information content (AvgIpc) is 3.15. The Morgan fingerprint density at radius 3 is 2.81 bits per heavy atom. The minimum Gasteiger partial charge on any atom is -0.462 e. The van der Waals surface area contributed by atoms with Crippen molar-refractivity contribution in [3.8, 4) is 11.1 Å². The summed E-state index contributed by atoms with van der Waals surface area (Å²) in [4.78, 5) is 29.4. The Kier molecular flexibility index (Phi) is 7.08. The fourth-order valence-corrected chi connectivity index (χ4v) is 6.70. The zero-order chi connectivity index (χ0) is 25.2. The van der Waals surface area contributed by atoms with Crippen LogP contribution >= 0.6 is 0 Å². The van der Waals surface area contributed by atoms with Gasteiger partial charge in [-0.2, -0.15) is 0 Å². The highest BCUT2D eigenvalue weighted by Gasteiger charge is 2.54. The van der Waals surface area contributed by atoms with Crippen LogP contribution in [0.1, 0.15) is 45.2 Å². The van der Waals surface area contributed by atoms with Gasteiger partial charge >= 0.3 is 12.0 Å². The molecule has 2 aromatic rings. The number of halogens is 1. The molecule has 2 saturated carbocycles. The van der Waals surface area contributed by atoms with Crippen molar-refractivity contribution in [2.75, 3.05) is 6.54 Å². The fraction of sp³-hybridized carbons (Fsp3) is 0.483. The van der Waals surface area contributed by atoms with E-state index >= 15 is 0 Å². The largest absolute Gasteiger partial charge is 0.462 e. The predicted octanol–water partition coefficient (Wildman–Crippen LogP) is 5.20. The number of nitrogens with one attached hydrogen (secondary N) is 2. The number of urea groups is 1. The van der Waals surface area contributed by atoms with Gasteiger partial charge in [-0.1, -0.05) is 24.3 Å². The van der Waals surface area contributed by atoms with Gasteiger partial charge in [-0.25, -0.2) is 9.18 Å². The molecule has 5 rings (SSSR count). The summed E-state index contributed by atoms with van der Waals surface area (Å²) in [5.74, 6) is 0.736. The van der Waals surface area contributed by atoms with Crippen molar-refractivity contribution >= 4 is 18.1 Å². The van der Waals surface area contributed by atoms with Gasteiger partial charge in [-0.15, -0.1) is 0 Å². The number of aromatic nitrogens is 1. The molecule has 36 heavy (non-hydrogen) atoms. The van der Waals surface area contributed by atoms with E-state index < -0.39 is 0 Å². The number of esters is 1. The zero-order valence-corrected chi connectivity index (χ0v) is 20.8. The van der Waals surface area contributed by atoms with E-state index in [1.54, 1.807) is 12.3 Å². The number of hydrogen-bond acceptors (Lipinski definition) is 4. The van der Waals surface area contributed by atoms with Crippen molar-refractivity contribution in [2.45, 2.75) is 51.7 Å². The molecule has 6 nitrogen and oxygen atoms in total. The maximum Gasteiger partial charge on any atom is 0.314 e. The van der Waals surface area contributed by atoms with Gasteiger partial charge < -0.3 is 15.4 Å². The van der Waals surface area contributed by atoms with Crippen LogP contribution in [0.4, 0.5) is 9.18 Å². The van der Waals surface area contributed by atoms with Gasteiger partial charge in [0.05, 0.1) is 11.6 Å². The molecule has 1 saturated heterocycles. The Morgan fingerprint density at radius 2 is 2.06 bits per heavy atom. The van der Waals surface area contributed by atoms with Gasteiger partial charge in [0.15, 0.2) is 0 Å². The summed E-state index contributed by atoms with van der Waals surface area (Å²) >= 11 is 0. The number of pyridine rings is 1. The number of hydrogen-bond donors (Lipinski definition) is 2. The number of rotatable bonds is 5. The number of nitrogens with zero attached hydrogens (tertiary/aromatic N) is 1. The number of fused-ring (bicyclic) bond motifs is 2. The quantitative estimate of drug-likeness (QED) is 0.563. The van der Waals surface area contributed by atoms with E-state index in [-0.39, 0.29) is 47.7 Å². The van der Waals surface area contributed by atoms with E-state index in [1.807, 2.05) is 38.1 Å². The highest BCUT2D eigenvalue weighted by atomic mass is 19.1. The van der Waals surface area contributed by atoms with Crippen molar-refractivity contribution in [1.29, 1.82) is 0 Å². The smallest absolute Gasteiger partial charge is 0.314 e. The highest BCUT2D eigenvalue weighted by molar-refractivity contribution is 5.76. The average molecular weight is 492 g/mol. The van der Waals surface area contributed by atoms with Gasteiger partial charge in [0.2, 0.25) is 0 Å². The molecule has 2 N–H and O–H groups in total. The van der Waals surface area contributed by atoms with Crippen LogP contribution in [0.2, 0.25) is 0 Å². The number of benzene rings is 1. The Hall–Kier alpha value is -3.22. The second kappa shape index (κ2) is 10.4. The van der Waals surface area contributed by atoms with Gasteiger partial charge in [-0.3, -0.25) is 9.78 Å². The summed E-state index contributed by atoms with van der Waals surface area (Å²) in [5, 5.41) is 5.93. The number of carbonyl (C=O) groups is 2. The van der Waals surface area contributed by atoms with Crippen LogP contribution in [0, 0.1) is 35.4 Å². The molecule has 0 bridgehead atoms. The molecule has 1 aliphatic heterocycles. The van der Waals surface area contributed by atoms with Crippen LogP contribution in [0.15, 0.2) is 48.7 Å². The van der Waals surface area contributed by atoms with Gasteiger partial charge in [0.25, 0.3) is 0 Å². The second-order valence-corrected chi connectivity index (χ2v) is 10.4. The molecule has 0 unspecified atom stereocenters. The van der Waals surface area contributed by atoms with Crippen LogP contribution in [-0.2, 0) is 9.53 Å². The first-order valence-electron chi connectivity index (χ1n) is 13.1. The summed E-state index contributed by atoms with van der Waals surface area (Å²) in [6.45, 7) is 4.52. The maximum atomic E-state index is 13.6. The van der Waals surface area contributed by atoms with Crippen molar-refractivity contribution in [3.63, 3.8) is 0 Å². The molecule has 1 aromatic carbocycles. The van der Waals surface area contributed by atoms with Crippen molar-refractivity contribution in [3.05, 3.63) is 60.2 Å². The minimum atomic E-state index is -0.267. The topological polar surface area (TPSA) is 80.3 Å². The SMILES string of the molecule is CCNC(=O)N[C@@H]1CC[C@@H]2[C@@H](C1)C[C@H]1C(=O)O[C@H](C)[C@H]1[C@H]2/C=C/c1ccc(-c2cccc(F)c2)cn1. The summed E-state index contributed by atoms with van der Waals surface area (Å²) < 4.78 is 19.3. The molecule has 3 aliphatic rings. The molecule has 1 aromatic heterocycles. The van der Waals surface area contributed by atoms with E-state index in [2.05, 4.69) is 21.7 Å². The van der Waals surface area contributed by atoms with E-state index in [0.29, 0.717) is 18.4 Å². The molecule has 3 fully saturated rings. The zero-order valence-electron chi connectivity index (χ0n) is 20.8. The normalized spacial score (nSPS) is 31.4. The molecule has 0 radical (unpaired) electrons. The molecule has 7 atom stereocenters. The number of allylic oxidation sites excluding steroid dienone is 1. The minimum absolute atomic E-state index is 0.0827. The number of cyclic esters (lactones) is 1. The molecule has 190 valence electrons. The summed E-state index contributed by atoms with van der Waals surface area (Å²) in [6.07, 6.45) is 9.60. The first-order chi connectivity index (χ1) is 17.4. The van der Waals surface area contributed by atoms with E-state index in [9.17, 15) is 14.0 Å². The number of carbonyl (C=O) groups excluding carboxylic acids is 2. The maximum absolute atomic E-state index is 13.6. The first kappa shape index (κ1) is 24.5. The third-order valence-electron chi connectivity index (χ3n) is 8.25.